The highest BCUT2D eigenvalue weighted by Gasteiger charge is 2.50. The molecule has 0 spiro atoms. The van der Waals surface area contributed by atoms with E-state index in [2.05, 4.69) is 9.89 Å². The summed E-state index contributed by atoms with van der Waals surface area (Å²) in [4.78, 5) is 48.4. The SMILES string of the molecule is CCOC(=O)C1=C(C=O)/C(=C2\C[C@H](CO)C(=O)[C@@H](c3ccc4c(c3)=CCN=4)C2)c2c(c(CO)c3c(c2O[C@@H]2CCCC(O)(O)C2)C[C@@H]([C@](C)(O)C2CCN(CCCOC)CC2)O3)O1. The van der Waals surface area contributed by atoms with E-state index in [-0.39, 0.29) is 89.9 Å². The lowest BCUT2D eigenvalue weighted by Crippen LogP contribution is -2.52. The second-order valence-corrected chi connectivity index (χ2v) is 18.1. The molecule has 4 heterocycles. The molecule has 15 heteroatoms. The minimum absolute atomic E-state index is 0.0233. The molecule has 63 heavy (non-hydrogen) atoms. The number of nitrogens with zero attached hydrogens (tertiary/aromatic N) is 2. The summed E-state index contributed by atoms with van der Waals surface area (Å²) >= 11 is 0. The largest absolute Gasteiger partial charge is 0.489 e. The van der Waals surface area contributed by atoms with Crippen LogP contribution in [0.1, 0.15) is 99.8 Å². The Morgan fingerprint density at radius 2 is 1.90 bits per heavy atom. The van der Waals surface area contributed by atoms with Gasteiger partial charge in [-0.2, -0.15) is 0 Å². The Morgan fingerprint density at radius 3 is 2.60 bits per heavy atom. The van der Waals surface area contributed by atoms with E-state index < -0.39 is 60.4 Å². The van der Waals surface area contributed by atoms with E-state index in [4.69, 9.17) is 23.7 Å². The number of piperidine rings is 1. The zero-order chi connectivity index (χ0) is 44.6. The molecule has 2 aromatic carbocycles. The number of esters is 1. The number of carbonyl (C=O) groups excluding carboxylic acids is 3. The number of rotatable bonds is 14. The molecule has 2 aliphatic carbocycles. The predicted molar refractivity (Wildman–Crippen MR) is 228 cm³/mol. The van der Waals surface area contributed by atoms with Gasteiger partial charge in [0.2, 0.25) is 5.76 Å². The number of hydrogen-bond acceptors (Lipinski definition) is 15. The number of likely N-dealkylation sites (tertiary alicyclic amines) is 1. The van der Waals surface area contributed by atoms with Crippen LogP contribution >= 0.6 is 0 Å². The van der Waals surface area contributed by atoms with Crippen LogP contribution in [0.15, 0.2) is 40.1 Å². The smallest absolute Gasteiger partial charge is 0.375 e. The van der Waals surface area contributed by atoms with Crippen LogP contribution in [-0.2, 0) is 36.9 Å². The minimum Gasteiger partial charge on any atom is -0.489 e. The number of aldehydes is 1. The summed E-state index contributed by atoms with van der Waals surface area (Å²) in [5.74, 6) is -4.90. The number of Topliss-reactive ketones (excluding diaryl/α,β-unsaturated/α-hetero) is 1. The molecule has 0 bridgehead atoms. The average molecular weight is 873 g/mol. The van der Waals surface area contributed by atoms with Crippen molar-refractivity contribution in [2.75, 3.05) is 53.1 Å². The van der Waals surface area contributed by atoms with Crippen molar-refractivity contribution in [1.82, 2.24) is 4.90 Å². The summed E-state index contributed by atoms with van der Waals surface area (Å²) in [6.07, 6.45) is 4.48. The van der Waals surface area contributed by atoms with Crippen LogP contribution in [0.25, 0.3) is 11.6 Å². The highest BCUT2D eigenvalue weighted by molar-refractivity contribution is 6.11. The Morgan fingerprint density at radius 1 is 1.11 bits per heavy atom. The third kappa shape index (κ3) is 8.73. The molecule has 2 saturated carbocycles. The Hall–Kier alpha value is -4.48. The van der Waals surface area contributed by atoms with Gasteiger partial charge in [-0.15, -0.1) is 0 Å². The fraction of sp³-hybridized carbons (Fsp3) is 0.583. The topological polar surface area (TPSA) is 214 Å². The molecule has 340 valence electrons. The van der Waals surface area contributed by atoms with Gasteiger partial charge in [-0.25, -0.2) is 4.79 Å². The van der Waals surface area contributed by atoms with E-state index in [1.807, 2.05) is 24.3 Å². The zero-order valence-corrected chi connectivity index (χ0v) is 36.4. The Balaban J connectivity index is 1.30. The van der Waals surface area contributed by atoms with Crippen molar-refractivity contribution in [1.29, 1.82) is 0 Å². The second kappa shape index (κ2) is 18.6. The maximum absolute atomic E-state index is 14.2. The number of allylic oxidation sites excluding steroid dienone is 3. The van der Waals surface area contributed by atoms with Crippen molar-refractivity contribution in [2.45, 2.75) is 114 Å². The fourth-order valence-corrected chi connectivity index (χ4v) is 10.6. The third-order valence-corrected chi connectivity index (χ3v) is 14.0. The highest BCUT2D eigenvalue weighted by Crippen LogP contribution is 2.57. The quantitative estimate of drug-likeness (QED) is 0.0798. The summed E-state index contributed by atoms with van der Waals surface area (Å²) in [6.45, 7) is 5.92. The number of fused-ring (bicyclic) bond motifs is 3. The van der Waals surface area contributed by atoms with Gasteiger partial charge in [0.05, 0.1) is 48.4 Å². The zero-order valence-electron chi connectivity index (χ0n) is 36.4. The van der Waals surface area contributed by atoms with Gasteiger partial charge in [0.1, 0.15) is 40.8 Å². The molecule has 5 atom stereocenters. The van der Waals surface area contributed by atoms with E-state index in [9.17, 15) is 39.9 Å². The third-order valence-electron chi connectivity index (χ3n) is 14.0. The molecule has 0 amide bonds. The van der Waals surface area contributed by atoms with Gasteiger partial charge in [0.15, 0.2) is 12.1 Å². The van der Waals surface area contributed by atoms with Crippen LogP contribution in [0.3, 0.4) is 0 Å². The lowest BCUT2D eigenvalue weighted by atomic mass is 9.71. The first-order valence-electron chi connectivity index (χ1n) is 22.4. The number of carbonyl (C=O) groups is 3. The summed E-state index contributed by atoms with van der Waals surface area (Å²) in [7, 11) is 1.69. The van der Waals surface area contributed by atoms with Gasteiger partial charge in [0.25, 0.3) is 0 Å². The maximum atomic E-state index is 14.2. The summed E-state index contributed by atoms with van der Waals surface area (Å²) in [5.41, 5.74) is 0.886. The summed E-state index contributed by atoms with van der Waals surface area (Å²) in [5, 5.41) is 57.9. The molecule has 2 aromatic rings. The molecule has 4 aliphatic heterocycles. The Kier molecular flexibility index (Phi) is 13.3. The van der Waals surface area contributed by atoms with E-state index in [1.54, 1.807) is 21.0 Å². The van der Waals surface area contributed by atoms with Crippen LogP contribution in [0.5, 0.6) is 17.2 Å². The van der Waals surface area contributed by atoms with Crippen molar-refractivity contribution >= 4 is 29.7 Å². The highest BCUT2D eigenvalue weighted by atomic mass is 16.6. The van der Waals surface area contributed by atoms with Crippen LogP contribution < -0.4 is 24.8 Å². The van der Waals surface area contributed by atoms with Crippen LogP contribution in [0, 0.1) is 11.8 Å². The van der Waals surface area contributed by atoms with Crippen LogP contribution in [0.4, 0.5) is 0 Å². The van der Waals surface area contributed by atoms with Crippen molar-refractivity contribution in [3.05, 3.63) is 67.9 Å². The van der Waals surface area contributed by atoms with Crippen molar-refractivity contribution in [3.8, 4) is 17.2 Å². The van der Waals surface area contributed by atoms with E-state index in [0.29, 0.717) is 49.0 Å². The second-order valence-electron chi connectivity index (χ2n) is 18.1. The van der Waals surface area contributed by atoms with Gasteiger partial charge in [-0.05, 0) is 101 Å². The molecule has 0 unspecified atom stereocenters. The standard InChI is InChI=1S/C48H60N2O13/c1-4-60-46(55)45-35(25-52)39(29-20-30(24-51)41(54)33(21-29)27-8-9-37-28(19-27)10-14-49-37)40-43(61-32-7-5-13-48(57,58)23-32)34-22-38(62-42(34)36(26-53)44(40)63-45)47(2,56)31-11-16-50(17-12-31)15-6-18-59-3/h8-10,19,25,30-33,38,51,53,56-58H,4-7,11-18,20-24,26H2,1-3H3/b39-29-/t30-,32-,33-,38+,47-/m1/s1. The first-order valence-corrected chi connectivity index (χ1v) is 22.4. The molecular weight excluding hydrogens is 813 g/mol. The lowest BCUT2D eigenvalue weighted by Gasteiger charge is -2.42. The van der Waals surface area contributed by atoms with Gasteiger partial charge >= 0.3 is 5.97 Å². The monoisotopic (exact) mass is 872 g/mol. The van der Waals surface area contributed by atoms with Crippen molar-refractivity contribution < 1.29 is 63.6 Å². The number of aliphatic hydroxyl groups is 5. The fourth-order valence-electron chi connectivity index (χ4n) is 10.6. The first kappa shape index (κ1) is 45.1. The molecule has 5 N–H and O–H groups in total. The van der Waals surface area contributed by atoms with E-state index in [0.717, 1.165) is 49.5 Å². The van der Waals surface area contributed by atoms with Gasteiger partial charge in [-0.3, -0.25) is 14.6 Å². The summed E-state index contributed by atoms with van der Waals surface area (Å²) < 4.78 is 30.7. The van der Waals surface area contributed by atoms with Gasteiger partial charge in [-0.1, -0.05) is 17.7 Å². The normalized spacial score (nSPS) is 26.6. The molecule has 3 fully saturated rings. The average Bonchev–Trinajstić information content (AvgIpc) is 3.94. The van der Waals surface area contributed by atoms with Crippen LogP contribution in [0.2, 0.25) is 0 Å². The van der Waals surface area contributed by atoms with Crippen molar-refractivity contribution in [2.24, 2.45) is 16.8 Å². The number of methoxy groups -OCH3 is 1. The minimum atomic E-state index is -2.01. The van der Waals surface area contributed by atoms with E-state index >= 15 is 0 Å². The molecule has 6 aliphatic rings. The molecule has 15 nitrogen and oxygen atoms in total. The maximum Gasteiger partial charge on any atom is 0.375 e. The number of aliphatic hydroxyl groups excluding tert-OH is 2. The predicted octanol–water partition coefficient (Wildman–Crippen LogP) is 2.32. The molecule has 0 radical (unpaired) electrons. The van der Waals surface area contributed by atoms with Gasteiger partial charge < -0.3 is 54.1 Å². The number of ketones is 1. The van der Waals surface area contributed by atoms with E-state index in [1.165, 1.54) is 0 Å². The number of benzene rings is 2. The Labute approximate surface area is 366 Å². The lowest BCUT2D eigenvalue weighted by molar-refractivity contribution is -0.196. The number of ether oxygens (including phenoxy) is 5. The number of hydrogen-bond donors (Lipinski definition) is 5. The van der Waals surface area contributed by atoms with Crippen LogP contribution in [-0.4, -0.2) is 125 Å². The molecule has 1 saturated heterocycles. The van der Waals surface area contributed by atoms with Gasteiger partial charge in [0, 0.05) is 62.5 Å². The summed E-state index contributed by atoms with van der Waals surface area (Å²) in [6, 6.07) is 5.64. The molecule has 0 aromatic heterocycles. The first-order chi connectivity index (χ1) is 30.3. The molecular formula is C48H60N2O13. The molecule has 8 rings (SSSR count). The Bertz CT molecular complexity index is 2310. The van der Waals surface area contributed by atoms with Crippen molar-refractivity contribution in [3.63, 3.8) is 0 Å².